The smallest absolute Gasteiger partial charge is 0.0719 e. The second-order valence-corrected chi connectivity index (χ2v) is 4.78. The van der Waals surface area contributed by atoms with Gasteiger partial charge in [0.05, 0.1) is 18.4 Å². The highest BCUT2D eigenvalue weighted by Gasteiger charge is 2.18. The van der Waals surface area contributed by atoms with E-state index in [0.29, 0.717) is 0 Å². The van der Waals surface area contributed by atoms with Crippen LogP contribution >= 0.6 is 0 Å². The molecule has 17 heavy (non-hydrogen) atoms. The summed E-state index contributed by atoms with van der Waals surface area (Å²) in [5.74, 6) is 0.747. The molecule has 0 aliphatic carbocycles. The van der Waals surface area contributed by atoms with Gasteiger partial charge in [-0.2, -0.15) is 5.10 Å². The summed E-state index contributed by atoms with van der Waals surface area (Å²) in [5.41, 5.74) is 6.37. The van der Waals surface area contributed by atoms with E-state index in [9.17, 15) is 0 Å². The van der Waals surface area contributed by atoms with Crippen molar-refractivity contribution in [3.8, 4) is 0 Å². The van der Waals surface area contributed by atoms with Crippen molar-refractivity contribution in [1.82, 2.24) is 14.7 Å². The molecule has 0 unspecified atom stereocenters. The number of nitrogens with two attached hydrogens (primary N) is 1. The summed E-state index contributed by atoms with van der Waals surface area (Å²) >= 11 is 0. The molecule has 96 valence electrons. The van der Waals surface area contributed by atoms with Gasteiger partial charge in [-0.25, -0.2) is 0 Å². The van der Waals surface area contributed by atoms with Crippen molar-refractivity contribution in [3.63, 3.8) is 0 Å². The maximum absolute atomic E-state index is 5.63. The zero-order valence-electron chi connectivity index (χ0n) is 10.5. The first-order valence-corrected chi connectivity index (χ1v) is 6.27. The Labute approximate surface area is 103 Å². The van der Waals surface area contributed by atoms with Crippen LogP contribution in [-0.4, -0.2) is 48.0 Å². The molecule has 1 aliphatic heterocycles. The molecule has 0 amide bonds. The van der Waals surface area contributed by atoms with Gasteiger partial charge in [0.15, 0.2) is 0 Å². The molecule has 5 heteroatoms. The molecule has 2 heterocycles. The number of nitrogens with zero attached hydrogens (tertiary/aromatic N) is 3. The Balaban J connectivity index is 1.68. The second-order valence-electron chi connectivity index (χ2n) is 4.78. The first-order chi connectivity index (χ1) is 8.28. The van der Waals surface area contributed by atoms with E-state index >= 15 is 0 Å². The molecule has 0 atom stereocenters. The maximum Gasteiger partial charge on any atom is 0.0719 e. The Hall–Kier alpha value is -1.07. The summed E-state index contributed by atoms with van der Waals surface area (Å²) in [7, 11) is 1.79. The Morgan fingerprint density at radius 3 is 2.76 bits per heavy atom. The van der Waals surface area contributed by atoms with E-state index in [0.717, 1.165) is 31.3 Å². The largest absolute Gasteiger partial charge is 0.396 e. The number of methoxy groups -OCH3 is 1. The fourth-order valence-electron chi connectivity index (χ4n) is 2.36. The van der Waals surface area contributed by atoms with Gasteiger partial charge in [0, 0.05) is 26.5 Å². The van der Waals surface area contributed by atoms with Gasteiger partial charge in [-0.1, -0.05) is 0 Å². The van der Waals surface area contributed by atoms with E-state index in [2.05, 4.69) is 10.00 Å². The fourth-order valence-corrected chi connectivity index (χ4v) is 2.36. The Kier molecular flexibility index (Phi) is 4.39. The number of likely N-dealkylation sites (tertiary alicyclic amines) is 1. The summed E-state index contributed by atoms with van der Waals surface area (Å²) in [5, 5.41) is 4.19. The van der Waals surface area contributed by atoms with Gasteiger partial charge >= 0.3 is 0 Å². The predicted octanol–water partition coefficient (Wildman–Crippen LogP) is 0.824. The third kappa shape index (κ3) is 3.71. The van der Waals surface area contributed by atoms with Crippen LogP contribution in [0.25, 0.3) is 0 Å². The molecule has 5 nitrogen and oxygen atoms in total. The molecule has 0 radical (unpaired) electrons. The van der Waals surface area contributed by atoms with E-state index in [4.69, 9.17) is 10.5 Å². The van der Waals surface area contributed by atoms with Crippen molar-refractivity contribution in [1.29, 1.82) is 0 Å². The van der Waals surface area contributed by atoms with Crippen molar-refractivity contribution in [2.45, 2.75) is 19.4 Å². The molecule has 1 fully saturated rings. The van der Waals surface area contributed by atoms with Gasteiger partial charge < -0.3 is 15.4 Å². The van der Waals surface area contributed by atoms with Gasteiger partial charge in [0.25, 0.3) is 0 Å². The molecule has 1 aromatic heterocycles. The SMILES string of the molecule is COCC1CCN(CCn2cc(N)cn2)CC1. The number of aromatic nitrogens is 2. The van der Waals surface area contributed by atoms with E-state index in [1.807, 2.05) is 10.9 Å². The molecule has 0 spiro atoms. The van der Waals surface area contributed by atoms with Crippen molar-refractivity contribution in [2.24, 2.45) is 5.92 Å². The summed E-state index contributed by atoms with van der Waals surface area (Å²) in [6.07, 6.45) is 6.08. The number of piperidine rings is 1. The van der Waals surface area contributed by atoms with E-state index in [1.54, 1.807) is 13.3 Å². The molecule has 1 saturated heterocycles. The Bertz CT molecular complexity index is 331. The van der Waals surface area contributed by atoms with Gasteiger partial charge in [-0.3, -0.25) is 4.68 Å². The average molecular weight is 238 g/mol. The number of ether oxygens (including phenoxy) is 1. The molecule has 0 saturated carbocycles. The van der Waals surface area contributed by atoms with Crippen LogP contribution in [0.5, 0.6) is 0 Å². The van der Waals surface area contributed by atoms with Gasteiger partial charge in [-0.15, -0.1) is 0 Å². The Morgan fingerprint density at radius 2 is 2.18 bits per heavy atom. The predicted molar refractivity (Wildman–Crippen MR) is 67.7 cm³/mol. The second kappa shape index (κ2) is 6.02. The standard InChI is InChI=1S/C12H22N4O/c1-17-10-11-2-4-15(5-3-11)6-7-16-9-12(13)8-14-16/h8-9,11H,2-7,10,13H2,1H3. The topological polar surface area (TPSA) is 56.3 Å². The molecular formula is C12H22N4O. The number of hydrogen-bond acceptors (Lipinski definition) is 4. The Morgan fingerprint density at radius 1 is 1.41 bits per heavy atom. The quantitative estimate of drug-likeness (QED) is 0.825. The zero-order valence-corrected chi connectivity index (χ0v) is 10.5. The van der Waals surface area contributed by atoms with Crippen LogP contribution in [0.15, 0.2) is 12.4 Å². The first-order valence-electron chi connectivity index (χ1n) is 6.27. The minimum atomic E-state index is 0.740. The van der Waals surface area contributed by atoms with Crippen LogP contribution < -0.4 is 5.73 Å². The summed E-state index contributed by atoms with van der Waals surface area (Å²) < 4.78 is 7.12. The van der Waals surface area contributed by atoms with Crippen LogP contribution in [0.1, 0.15) is 12.8 Å². The van der Waals surface area contributed by atoms with Crippen LogP contribution in [0.3, 0.4) is 0 Å². The zero-order chi connectivity index (χ0) is 12.1. The van der Waals surface area contributed by atoms with E-state index < -0.39 is 0 Å². The van der Waals surface area contributed by atoms with Crippen LogP contribution in [0.4, 0.5) is 5.69 Å². The number of rotatable bonds is 5. The normalized spacial score (nSPS) is 18.6. The monoisotopic (exact) mass is 238 g/mol. The minimum absolute atomic E-state index is 0.740. The van der Waals surface area contributed by atoms with E-state index in [-0.39, 0.29) is 0 Å². The third-order valence-corrected chi connectivity index (χ3v) is 3.41. The van der Waals surface area contributed by atoms with E-state index in [1.165, 1.54) is 25.9 Å². The molecule has 0 aromatic carbocycles. The molecule has 0 bridgehead atoms. The van der Waals surface area contributed by atoms with Crippen molar-refractivity contribution in [2.75, 3.05) is 39.1 Å². The van der Waals surface area contributed by atoms with Gasteiger partial charge in [-0.05, 0) is 31.8 Å². The number of anilines is 1. The van der Waals surface area contributed by atoms with Crippen molar-refractivity contribution < 1.29 is 4.74 Å². The molecule has 2 N–H and O–H groups in total. The highest BCUT2D eigenvalue weighted by molar-refractivity contribution is 5.30. The first kappa shape index (κ1) is 12.4. The summed E-state index contributed by atoms with van der Waals surface area (Å²) in [6, 6.07) is 0. The summed E-state index contributed by atoms with van der Waals surface area (Å²) in [4.78, 5) is 2.49. The molecule has 1 aromatic rings. The fraction of sp³-hybridized carbons (Fsp3) is 0.750. The number of nitrogen functional groups attached to an aromatic ring is 1. The average Bonchev–Trinajstić information content (AvgIpc) is 2.75. The third-order valence-electron chi connectivity index (χ3n) is 3.41. The number of hydrogen-bond donors (Lipinski definition) is 1. The molecular weight excluding hydrogens is 216 g/mol. The van der Waals surface area contributed by atoms with Crippen molar-refractivity contribution >= 4 is 5.69 Å². The highest BCUT2D eigenvalue weighted by atomic mass is 16.5. The highest BCUT2D eigenvalue weighted by Crippen LogP contribution is 2.17. The lowest BCUT2D eigenvalue weighted by Gasteiger charge is -2.31. The lowest BCUT2D eigenvalue weighted by Crippen LogP contribution is -2.37. The molecule has 1 aliphatic rings. The van der Waals surface area contributed by atoms with Gasteiger partial charge in [0.2, 0.25) is 0 Å². The van der Waals surface area contributed by atoms with Crippen LogP contribution in [0.2, 0.25) is 0 Å². The van der Waals surface area contributed by atoms with Crippen molar-refractivity contribution in [3.05, 3.63) is 12.4 Å². The van der Waals surface area contributed by atoms with Crippen LogP contribution in [0, 0.1) is 5.92 Å². The summed E-state index contributed by atoms with van der Waals surface area (Å²) in [6.45, 7) is 5.23. The van der Waals surface area contributed by atoms with Gasteiger partial charge in [0.1, 0.15) is 0 Å². The molecule has 2 rings (SSSR count). The lowest BCUT2D eigenvalue weighted by atomic mass is 9.98. The minimum Gasteiger partial charge on any atom is -0.396 e. The lowest BCUT2D eigenvalue weighted by molar-refractivity contribution is 0.0977. The van der Waals surface area contributed by atoms with Crippen LogP contribution in [-0.2, 0) is 11.3 Å². The maximum atomic E-state index is 5.63.